The highest BCUT2D eigenvalue weighted by molar-refractivity contribution is 7.92. The van der Waals surface area contributed by atoms with E-state index in [1.165, 1.54) is 38.3 Å². The van der Waals surface area contributed by atoms with Gasteiger partial charge in [-0.3, -0.25) is 9.52 Å². The number of methoxy groups -OCH3 is 1. The van der Waals surface area contributed by atoms with Crippen LogP contribution in [0.5, 0.6) is 5.75 Å². The lowest BCUT2D eigenvalue weighted by molar-refractivity contribution is 0.0475. The lowest BCUT2D eigenvalue weighted by Crippen LogP contribution is -2.19. The third kappa shape index (κ3) is 5.12. The summed E-state index contributed by atoms with van der Waals surface area (Å²) in [5.41, 5.74) is 0.346. The molecule has 9 heteroatoms. The maximum atomic E-state index is 13.3. The number of hydrogen-bond acceptors (Lipinski definition) is 6. The van der Waals surface area contributed by atoms with E-state index in [4.69, 9.17) is 9.47 Å². The van der Waals surface area contributed by atoms with E-state index in [1.54, 1.807) is 24.3 Å². The number of sulfonamides is 1. The van der Waals surface area contributed by atoms with Gasteiger partial charge in [0, 0.05) is 0 Å². The molecule has 0 aliphatic heterocycles. The second-order valence-electron chi connectivity index (χ2n) is 6.76. The average molecular weight is 457 g/mol. The number of benzene rings is 3. The van der Waals surface area contributed by atoms with Crippen molar-refractivity contribution >= 4 is 27.5 Å². The highest BCUT2D eigenvalue weighted by Crippen LogP contribution is 2.24. The summed E-state index contributed by atoms with van der Waals surface area (Å²) in [4.78, 5) is 24.9. The van der Waals surface area contributed by atoms with E-state index in [9.17, 15) is 22.4 Å². The zero-order valence-electron chi connectivity index (χ0n) is 17.3. The largest absolute Gasteiger partial charge is 0.496 e. The van der Waals surface area contributed by atoms with Crippen LogP contribution in [0.4, 0.5) is 10.1 Å². The molecule has 0 atom stereocenters. The van der Waals surface area contributed by atoms with Crippen LogP contribution >= 0.6 is 0 Å². The molecule has 0 bridgehead atoms. The number of hydrogen-bond donors (Lipinski definition) is 1. The first kappa shape index (κ1) is 23.0. The minimum Gasteiger partial charge on any atom is -0.496 e. The summed E-state index contributed by atoms with van der Waals surface area (Å²) >= 11 is 0. The Balaban J connectivity index is 1.79. The molecular formula is C23H20FNO6S. The summed E-state index contributed by atoms with van der Waals surface area (Å²) < 4.78 is 51.5. The van der Waals surface area contributed by atoms with Crippen molar-refractivity contribution < 1.29 is 31.9 Å². The number of para-hydroxylation sites is 2. The first-order valence-corrected chi connectivity index (χ1v) is 10.9. The van der Waals surface area contributed by atoms with Crippen molar-refractivity contribution in [2.45, 2.75) is 11.8 Å². The molecule has 0 unspecified atom stereocenters. The number of anilines is 1. The summed E-state index contributed by atoms with van der Waals surface area (Å²) in [5.74, 6) is -1.58. The normalized spacial score (nSPS) is 11.0. The van der Waals surface area contributed by atoms with Crippen LogP contribution in [0.1, 0.15) is 26.3 Å². The molecule has 7 nitrogen and oxygen atoms in total. The summed E-state index contributed by atoms with van der Waals surface area (Å²) in [6.07, 6.45) is 0. The van der Waals surface area contributed by atoms with Gasteiger partial charge in [-0.15, -0.1) is 0 Å². The quantitative estimate of drug-likeness (QED) is 0.406. The molecule has 0 fully saturated rings. The van der Waals surface area contributed by atoms with Gasteiger partial charge in [-0.25, -0.2) is 17.6 Å². The van der Waals surface area contributed by atoms with Crippen LogP contribution in [0.25, 0.3) is 0 Å². The Bertz CT molecular complexity index is 1270. The number of esters is 1. The van der Waals surface area contributed by atoms with Crippen molar-refractivity contribution in [1.82, 2.24) is 0 Å². The van der Waals surface area contributed by atoms with Crippen LogP contribution in [-0.4, -0.2) is 33.9 Å². The van der Waals surface area contributed by atoms with Gasteiger partial charge in [0.2, 0.25) is 5.78 Å². The van der Waals surface area contributed by atoms with Gasteiger partial charge in [0.25, 0.3) is 10.0 Å². The van der Waals surface area contributed by atoms with E-state index in [0.717, 1.165) is 18.2 Å². The van der Waals surface area contributed by atoms with Gasteiger partial charge in [0.1, 0.15) is 11.6 Å². The van der Waals surface area contributed by atoms with E-state index < -0.39 is 34.2 Å². The number of ketones is 1. The van der Waals surface area contributed by atoms with Gasteiger partial charge in [-0.1, -0.05) is 24.3 Å². The number of carbonyl (C=O) groups excluding carboxylic acids is 2. The predicted octanol–water partition coefficient (Wildman–Crippen LogP) is 3.98. The second-order valence-corrected chi connectivity index (χ2v) is 8.41. The SMILES string of the molecule is COc1ccccc1C(=O)COC(=O)c1ccccc1NS(=O)(=O)c1ccc(F)cc1C. The molecule has 0 radical (unpaired) electrons. The lowest BCUT2D eigenvalue weighted by Gasteiger charge is -2.14. The molecule has 3 rings (SSSR count). The van der Waals surface area contributed by atoms with Crippen LogP contribution < -0.4 is 9.46 Å². The fourth-order valence-corrected chi connectivity index (χ4v) is 4.33. The number of aryl methyl sites for hydroxylation is 1. The molecule has 0 aliphatic carbocycles. The van der Waals surface area contributed by atoms with Crippen molar-refractivity contribution in [2.75, 3.05) is 18.4 Å². The molecule has 0 aliphatic rings. The monoisotopic (exact) mass is 457 g/mol. The first-order chi connectivity index (χ1) is 15.2. The van der Waals surface area contributed by atoms with Crippen molar-refractivity contribution in [3.63, 3.8) is 0 Å². The maximum Gasteiger partial charge on any atom is 0.340 e. The van der Waals surface area contributed by atoms with Crippen LogP contribution in [0.3, 0.4) is 0 Å². The number of nitrogens with one attached hydrogen (secondary N) is 1. The van der Waals surface area contributed by atoms with Gasteiger partial charge in [-0.2, -0.15) is 0 Å². The number of rotatable bonds is 8. The van der Waals surface area contributed by atoms with E-state index in [0.29, 0.717) is 5.75 Å². The molecule has 0 aromatic heterocycles. The molecule has 0 heterocycles. The van der Waals surface area contributed by atoms with Gasteiger partial charge < -0.3 is 9.47 Å². The summed E-state index contributed by atoms with van der Waals surface area (Å²) in [6.45, 7) is 0.901. The smallest absolute Gasteiger partial charge is 0.340 e. The Morgan fingerprint density at radius 1 is 0.969 bits per heavy atom. The minimum absolute atomic E-state index is 0.0361. The molecule has 0 saturated carbocycles. The van der Waals surface area contributed by atoms with Gasteiger partial charge in [0.15, 0.2) is 6.61 Å². The number of carbonyl (C=O) groups is 2. The summed E-state index contributed by atoms with van der Waals surface area (Å²) in [7, 11) is -2.69. The van der Waals surface area contributed by atoms with E-state index in [1.807, 2.05) is 0 Å². The van der Waals surface area contributed by atoms with Gasteiger partial charge in [-0.05, 0) is 55.0 Å². The Hall–Kier alpha value is -3.72. The van der Waals surface area contributed by atoms with Crippen molar-refractivity contribution in [3.8, 4) is 5.75 Å². The molecule has 1 N–H and O–H groups in total. The van der Waals surface area contributed by atoms with Crippen molar-refractivity contribution in [3.05, 3.63) is 89.2 Å². The van der Waals surface area contributed by atoms with Gasteiger partial charge >= 0.3 is 5.97 Å². The second kappa shape index (κ2) is 9.61. The minimum atomic E-state index is -4.11. The Morgan fingerprint density at radius 3 is 2.31 bits per heavy atom. The van der Waals surface area contributed by atoms with Crippen LogP contribution in [0, 0.1) is 12.7 Å². The third-order valence-corrected chi connectivity index (χ3v) is 6.09. The molecule has 3 aromatic carbocycles. The van der Waals surface area contributed by atoms with Crippen LogP contribution in [0.15, 0.2) is 71.6 Å². The molecule has 0 amide bonds. The van der Waals surface area contributed by atoms with E-state index in [2.05, 4.69) is 4.72 Å². The molecule has 0 spiro atoms. The summed E-state index contributed by atoms with van der Waals surface area (Å²) in [5, 5.41) is 0. The Morgan fingerprint density at radius 2 is 1.62 bits per heavy atom. The molecule has 3 aromatic rings. The number of halogens is 1. The number of Topliss-reactive ketones (excluding diaryl/α,β-unsaturated/α-hetero) is 1. The van der Waals surface area contributed by atoms with Crippen molar-refractivity contribution in [1.29, 1.82) is 0 Å². The maximum absolute atomic E-state index is 13.3. The molecule has 166 valence electrons. The highest BCUT2D eigenvalue weighted by Gasteiger charge is 2.22. The molecule has 0 saturated heterocycles. The van der Waals surface area contributed by atoms with Gasteiger partial charge in [0.05, 0.1) is 28.8 Å². The van der Waals surface area contributed by atoms with Crippen LogP contribution in [0.2, 0.25) is 0 Å². The standard InChI is InChI=1S/C23H20FNO6S/c1-15-13-16(24)11-12-22(15)32(28,29)25-19-9-5-3-7-17(19)23(27)31-14-20(26)18-8-4-6-10-21(18)30-2/h3-13,25H,14H2,1-2H3. The highest BCUT2D eigenvalue weighted by atomic mass is 32.2. The van der Waals surface area contributed by atoms with Crippen LogP contribution in [-0.2, 0) is 14.8 Å². The predicted molar refractivity (Wildman–Crippen MR) is 116 cm³/mol. The summed E-state index contributed by atoms with van der Waals surface area (Å²) in [6, 6.07) is 15.6. The first-order valence-electron chi connectivity index (χ1n) is 9.44. The topological polar surface area (TPSA) is 98.8 Å². The average Bonchev–Trinajstić information content (AvgIpc) is 2.77. The molecule has 32 heavy (non-hydrogen) atoms. The third-order valence-electron chi connectivity index (χ3n) is 4.56. The Kier molecular flexibility index (Phi) is 6.89. The lowest BCUT2D eigenvalue weighted by atomic mass is 10.1. The zero-order valence-corrected chi connectivity index (χ0v) is 18.1. The fourth-order valence-electron chi connectivity index (χ4n) is 3.03. The number of ether oxygens (including phenoxy) is 2. The Labute approximate surface area is 184 Å². The zero-order chi connectivity index (χ0) is 23.3. The van der Waals surface area contributed by atoms with E-state index >= 15 is 0 Å². The van der Waals surface area contributed by atoms with Crippen molar-refractivity contribution in [2.24, 2.45) is 0 Å². The van der Waals surface area contributed by atoms with E-state index in [-0.39, 0.29) is 27.3 Å². The fraction of sp³-hybridized carbons (Fsp3) is 0.130. The molecular weight excluding hydrogens is 437 g/mol.